The van der Waals surface area contributed by atoms with Crippen LogP contribution in [0.1, 0.15) is 56.4 Å². The smallest absolute Gasteiger partial charge is 0.417 e. The number of benzene rings is 1. The molecule has 0 bridgehead atoms. The normalized spacial score (nSPS) is 15.6. The van der Waals surface area contributed by atoms with Gasteiger partial charge in [-0.25, -0.2) is 13.9 Å². The molecule has 3 heterocycles. The van der Waals surface area contributed by atoms with E-state index in [9.17, 15) is 22.4 Å². The number of halogens is 5. The van der Waals surface area contributed by atoms with Gasteiger partial charge in [0.2, 0.25) is 0 Å². The molecule has 1 amide bonds. The molecular formula is C22H19ClF4N6O2. The molecule has 3 aromatic rings. The highest BCUT2D eigenvalue weighted by Gasteiger charge is 2.38. The predicted octanol–water partition coefficient (Wildman–Crippen LogP) is 5.73. The molecule has 1 aliphatic rings. The number of aromatic nitrogens is 4. The number of carbonyl (C=O) groups excluding carboxylic acids is 1. The Hall–Kier alpha value is -3.54. The minimum absolute atomic E-state index is 0.0518. The SMILES string of the molecule is CC1N=C(c2ncccc2F)c2c(ccc(C(F)(F)F)c2Cl)-n2nc(NC(=O)OC(C)(C)C)nc21. The lowest BCUT2D eigenvalue weighted by Gasteiger charge is -2.18. The molecular weight excluding hydrogens is 492 g/mol. The first-order chi connectivity index (χ1) is 16.3. The van der Waals surface area contributed by atoms with Crippen LogP contribution >= 0.6 is 11.6 Å². The van der Waals surface area contributed by atoms with E-state index in [0.29, 0.717) is 0 Å². The Bertz CT molecular complexity index is 1350. The third-order valence-electron chi connectivity index (χ3n) is 4.81. The van der Waals surface area contributed by atoms with Crippen LogP contribution in [0.2, 0.25) is 5.02 Å². The number of carbonyl (C=O) groups is 1. The van der Waals surface area contributed by atoms with Crippen LogP contribution in [0.4, 0.5) is 28.3 Å². The fourth-order valence-electron chi connectivity index (χ4n) is 3.46. The van der Waals surface area contributed by atoms with Crippen molar-refractivity contribution < 1.29 is 27.1 Å². The molecule has 0 radical (unpaired) electrons. The van der Waals surface area contributed by atoms with Crippen molar-refractivity contribution >= 4 is 29.4 Å². The van der Waals surface area contributed by atoms with E-state index in [2.05, 4.69) is 25.4 Å². The van der Waals surface area contributed by atoms with Gasteiger partial charge in [-0.15, -0.1) is 5.10 Å². The Labute approximate surface area is 202 Å². The maximum Gasteiger partial charge on any atom is 0.417 e. The van der Waals surface area contributed by atoms with Crippen molar-refractivity contribution in [3.8, 4) is 5.69 Å². The van der Waals surface area contributed by atoms with Gasteiger partial charge in [-0.1, -0.05) is 11.6 Å². The zero-order valence-corrected chi connectivity index (χ0v) is 19.7. The van der Waals surface area contributed by atoms with E-state index >= 15 is 0 Å². The summed E-state index contributed by atoms with van der Waals surface area (Å²) in [5.74, 6) is -0.789. The topological polar surface area (TPSA) is 94.3 Å². The van der Waals surface area contributed by atoms with E-state index in [1.165, 1.54) is 16.9 Å². The van der Waals surface area contributed by atoms with Crippen molar-refractivity contribution in [1.29, 1.82) is 0 Å². The van der Waals surface area contributed by atoms with Crippen molar-refractivity contribution in [2.75, 3.05) is 5.32 Å². The number of hydrogen-bond acceptors (Lipinski definition) is 6. The van der Waals surface area contributed by atoms with Gasteiger partial charge >= 0.3 is 12.3 Å². The first-order valence-corrected chi connectivity index (χ1v) is 10.7. The van der Waals surface area contributed by atoms with E-state index < -0.39 is 40.3 Å². The van der Waals surface area contributed by atoms with E-state index in [1.54, 1.807) is 27.7 Å². The lowest BCUT2D eigenvalue weighted by molar-refractivity contribution is -0.137. The van der Waals surface area contributed by atoms with E-state index in [1.807, 2.05) is 0 Å². The number of fused-ring (bicyclic) bond motifs is 3. The third kappa shape index (κ3) is 4.83. The number of nitrogens with one attached hydrogen (secondary N) is 1. The first kappa shape index (κ1) is 24.6. The van der Waals surface area contributed by atoms with Gasteiger partial charge in [0.15, 0.2) is 11.6 Å². The van der Waals surface area contributed by atoms with Crippen LogP contribution in [-0.4, -0.2) is 37.2 Å². The molecule has 13 heteroatoms. The van der Waals surface area contributed by atoms with Crippen molar-refractivity contribution in [3.63, 3.8) is 0 Å². The number of amides is 1. The minimum atomic E-state index is -4.79. The van der Waals surface area contributed by atoms with Crippen LogP contribution in [0.15, 0.2) is 35.5 Å². The lowest BCUT2D eigenvalue weighted by atomic mass is 10.0. The second kappa shape index (κ2) is 8.59. The summed E-state index contributed by atoms with van der Waals surface area (Å²) in [6.45, 7) is 6.61. The molecule has 0 spiro atoms. The summed E-state index contributed by atoms with van der Waals surface area (Å²) in [6, 6.07) is 3.55. The number of hydrogen-bond donors (Lipinski definition) is 1. The number of aliphatic imine (C=N–C) groups is 1. The first-order valence-electron chi connectivity index (χ1n) is 10.3. The van der Waals surface area contributed by atoms with Gasteiger partial charge in [0, 0.05) is 11.8 Å². The van der Waals surface area contributed by atoms with Crippen molar-refractivity contribution in [2.45, 2.75) is 45.5 Å². The van der Waals surface area contributed by atoms with Crippen LogP contribution < -0.4 is 5.32 Å². The summed E-state index contributed by atoms with van der Waals surface area (Å²) in [6.07, 6.45) is -4.32. The van der Waals surface area contributed by atoms with Gasteiger partial charge in [0.1, 0.15) is 17.3 Å². The minimum Gasteiger partial charge on any atom is -0.444 e. The molecule has 1 unspecified atom stereocenters. The number of anilines is 1. The molecule has 0 fully saturated rings. The monoisotopic (exact) mass is 510 g/mol. The van der Waals surface area contributed by atoms with Gasteiger partial charge in [-0.3, -0.25) is 15.3 Å². The maximum absolute atomic E-state index is 14.7. The Morgan fingerprint density at radius 2 is 1.91 bits per heavy atom. The Morgan fingerprint density at radius 3 is 2.54 bits per heavy atom. The predicted molar refractivity (Wildman–Crippen MR) is 119 cm³/mol. The summed E-state index contributed by atoms with van der Waals surface area (Å²) in [7, 11) is 0. The van der Waals surface area contributed by atoms with Crippen molar-refractivity contribution in [1.82, 2.24) is 19.7 Å². The molecule has 1 aromatic carbocycles. The van der Waals surface area contributed by atoms with Crippen LogP contribution in [0.3, 0.4) is 0 Å². The van der Waals surface area contributed by atoms with Gasteiger partial charge in [-0.05, 0) is 52.0 Å². The standard InChI is InChI=1S/C22H19ClF4N6O2/c1-10-18-30-19(31-20(34)35-21(2,3)4)32-33(18)13-8-7-11(22(25,26)27)15(23)14(13)17(29-10)16-12(24)6-5-9-28-16/h5-10H,1-4H3,(H,31,32,34). The van der Waals surface area contributed by atoms with Crippen LogP contribution in [-0.2, 0) is 10.9 Å². The molecule has 0 saturated carbocycles. The highest BCUT2D eigenvalue weighted by molar-refractivity contribution is 6.37. The van der Waals surface area contributed by atoms with Gasteiger partial charge in [0.05, 0.1) is 22.0 Å². The highest BCUT2D eigenvalue weighted by Crippen LogP contribution is 2.41. The van der Waals surface area contributed by atoms with Crippen LogP contribution in [0.25, 0.3) is 5.69 Å². The second-order valence-corrected chi connectivity index (χ2v) is 9.02. The van der Waals surface area contributed by atoms with Gasteiger partial charge in [0.25, 0.3) is 5.95 Å². The number of nitrogens with zero attached hydrogens (tertiary/aromatic N) is 5. The van der Waals surface area contributed by atoms with E-state index in [4.69, 9.17) is 16.3 Å². The Kier molecular flexibility index (Phi) is 6.04. The second-order valence-electron chi connectivity index (χ2n) is 8.64. The average Bonchev–Trinajstić information content (AvgIpc) is 3.09. The summed E-state index contributed by atoms with van der Waals surface area (Å²) in [5.41, 5.74) is -2.55. The zero-order chi connectivity index (χ0) is 25.7. The maximum atomic E-state index is 14.7. The van der Waals surface area contributed by atoms with Crippen LogP contribution in [0, 0.1) is 5.82 Å². The molecule has 35 heavy (non-hydrogen) atoms. The molecule has 184 valence electrons. The summed E-state index contributed by atoms with van der Waals surface area (Å²) in [4.78, 5) is 24.8. The van der Waals surface area contributed by atoms with Crippen LogP contribution in [0.5, 0.6) is 0 Å². The quantitative estimate of drug-likeness (QED) is 0.444. The highest BCUT2D eigenvalue weighted by atomic mass is 35.5. The number of alkyl halides is 3. The summed E-state index contributed by atoms with van der Waals surface area (Å²) >= 11 is 6.26. The zero-order valence-electron chi connectivity index (χ0n) is 18.9. The molecule has 4 rings (SSSR count). The third-order valence-corrected chi connectivity index (χ3v) is 5.21. The van der Waals surface area contributed by atoms with Gasteiger partial charge < -0.3 is 4.74 Å². The number of rotatable bonds is 2. The van der Waals surface area contributed by atoms with Crippen molar-refractivity contribution in [3.05, 3.63) is 63.9 Å². The molecule has 2 aromatic heterocycles. The molecule has 1 N–H and O–H groups in total. The molecule has 1 atom stereocenters. The fourth-order valence-corrected chi connectivity index (χ4v) is 3.82. The molecule has 0 saturated heterocycles. The van der Waals surface area contributed by atoms with Crippen molar-refractivity contribution in [2.24, 2.45) is 4.99 Å². The number of pyridine rings is 1. The Morgan fingerprint density at radius 1 is 1.20 bits per heavy atom. The Balaban J connectivity index is 1.92. The molecule has 0 aliphatic carbocycles. The summed E-state index contributed by atoms with van der Waals surface area (Å²) < 4.78 is 62.1. The fraction of sp³-hybridized carbons (Fsp3) is 0.318. The van der Waals surface area contributed by atoms with E-state index in [-0.39, 0.29) is 34.4 Å². The van der Waals surface area contributed by atoms with Gasteiger partial charge in [-0.2, -0.15) is 18.2 Å². The molecule has 1 aliphatic heterocycles. The lowest BCUT2D eigenvalue weighted by Crippen LogP contribution is -2.27. The summed E-state index contributed by atoms with van der Waals surface area (Å²) in [5, 5.41) is 5.92. The average molecular weight is 511 g/mol. The largest absolute Gasteiger partial charge is 0.444 e. The number of ether oxygens (including phenoxy) is 1. The molecule has 8 nitrogen and oxygen atoms in total. The van der Waals surface area contributed by atoms with E-state index in [0.717, 1.165) is 18.2 Å².